The Morgan fingerprint density at radius 3 is 2.77 bits per heavy atom. The highest BCUT2D eigenvalue weighted by molar-refractivity contribution is 5.98. The zero-order valence-corrected chi connectivity index (χ0v) is 22.7. The summed E-state index contributed by atoms with van der Waals surface area (Å²) in [6.45, 7) is -0.834. The number of aromatic nitrogens is 5. The number of nitrogens with one attached hydrogen (secondary N) is 1. The van der Waals surface area contributed by atoms with Crippen LogP contribution in [0.25, 0.3) is 16.7 Å². The lowest BCUT2D eigenvalue weighted by molar-refractivity contribution is -0.157. The van der Waals surface area contributed by atoms with Crippen LogP contribution in [-0.2, 0) is 16.0 Å². The summed E-state index contributed by atoms with van der Waals surface area (Å²) in [6, 6.07) is 9.73. The summed E-state index contributed by atoms with van der Waals surface area (Å²) in [6.07, 6.45) is 1.69. The van der Waals surface area contributed by atoms with Gasteiger partial charge in [0.1, 0.15) is 22.6 Å². The predicted molar refractivity (Wildman–Crippen MR) is 149 cm³/mol. The molecule has 0 bridgehead atoms. The number of anilines is 2. The summed E-state index contributed by atoms with van der Waals surface area (Å²) in [4.78, 5) is 27.8. The maximum Gasteiger partial charge on any atom is 0.260 e. The van der Waals surface area contributed by atoms with Crippen molar-refractivity contribution in [2.24, 2.45) is 0 Å². The Morgan fingerprint density at radius 1 is 1.18 bits per heavy atom. The quantitative estimate of drug-likeness (QED) is 0.200. The van der Waals surface area contributed by atoms with Crippen LogP contribution in [0.3, 0.4) is 0 Å². The number of carbonyl (C=O) groups excluding carboxylic acids is 2. The number of halogens is 2. The van der Waals surface area contributed by atoms with E-state index >= 15 is 4.39 Å². The molecule has 1 unspecified atom stereocenters. The van der Waals surface area contributed by atoms with Gasteiger partial charge in [-0.25, -0.2) is 13.5 Å². The number of aromatic hydroxyl groups is 1. The second-order valence-electron chi connectivity index (χ2n) is 10.1. The van der Waals surface area contributed by atoms with E-state index in [-0.39, 0.29) is 52.6 Å². The van der Waals surface area contributed by atoms with Crippen LogP contribution in [0.15, 0.2) is 65.6 Å². The van der Waals surface area contributed by atoms with Crippen LogP contribution >= 0.6 is 0 Å². The first-order valence-corrected chi connectivity index (χ1v) is 13.2. The molecule has 5 aromatic rings. The van der Waals surface area contributed by atoms with Gasteiger partial charge in [0.05, 0.1) is 49.5 Å². The summed E-state index contributed by atoms with van der Waals surface area (Å²) < 4.78 is 42.1. The number of nitrogen functional groups attached to an aromatic ring is 1. The van der Waals surface area contributed by atoms with Crippen LogP contribution in [0, 0.1) is 11.6 Å². The molecule has 5 N–H and O–H groups in total. The molecular weight excluding hydrogens is 582 g/mol. The first-order chi connectivity index (χ1) is 21.1. The molecule has 226 valence electrons. The Kier molecular flexibility index (Phi) is 7.36. The minimum atomic E-state index is -2.23. The van der Waals surface area contributed by atoms with Gasteiger partial charge in [0.25, 0.3) is 11.8 Å². The fourth-order valence-electron chi connectivity index (χ4n) is 5.06. The highest BCUT2D eigenvalue weighted by Crippen LogP contribution is 2.31. The number of ether oxygens (including phenoxy) is 1. The Balaban J connectivity index is 1.33. The molecule has 2 aromatic carbocycles. The van der Waals surface area contributed by atoms with Gasteiger partial charge < -0.3 is 30.5 Å². The average molecular weight is 607 g/mol. The molecule has 4 heterocycles. The van der Waals surface area contributed by atoms with E-state index < -0.39 is 48.1 Å². The van der Waals surface area contributed by atoms with Crippen molar-refractivity contribution in [3.05, 3.63) is 83.8 Å². The van der Waals surface area contributed by atoms with Gasteiger partial charge in [-0.15, -0.1) is 5.10 Å². The molecule has 0 saturated carbocycles. The van der Waals surface area contributed by atoms with E-state index in [4.69, 9.17) is 15.0 Å². The monoisotopic (exact) mass is 606 g/mol. The van der Waals surface area contributed by atoms with Gasteiger partial charge in [0, 0.05) is 6.42 Å². The van der Waals surface area contributed by atoms with Crippen LogP contribution in [0.5, 0.6) is 5.75 Å². The highest BCUT2D eigenvalue weighted by Gasteiger charge is 2.48. The van der Waals surface area contributed by atoms with E-state index in [1.807, 2.05) is 0 Å². The molecule has 0 aliphatic carbocycles. The number of morpholine rings is 1. The highest BCUT2D eigenvalue weighted by atomic mass is 19.1. The first-order valence-electron chi connectivity index (χ1n) is 13.2. The maximum atomic E-state index is 15.1. The normalized spacial score (nSPS) is 16.7. The fraction of sp³-hybridized carbons (Fsp3) is 0.214. The van der Waals surface area contributed by atoms with Crippen LogP contribution in [0.1, 0.15) is 15.9 Å². The number of phenols is 1. The van der Waals surface area contributed by atoms with Crippen molar-refractivity contribution in [1.29, 1.82) is 0 Å². The molecule has 2 amide bonds. The standard InChI is InChI=1S/C28H24F2N8O6/c29-18-9-15(10-21-22(18)24(31)36-44-21)11-28(42,14-32-26(40)17-3-1-2-4-20(17)39)23-27(41)37(7-8-43-23)25-19(30)13-38(35-25)16-5-6-33-34-12-16/h1-6,9-10,12-13,23,39,42H,7-8,11,14H2,(H2,31,36)(H,32,40)/t23-,28?/m0/s1. The third kappa shape index (κ3) is 5.27. The number of hydrogen-bond acceptors (Lipinski definition) is 11. The number of nitrogens with zero attached hydrogens (tertiary/aromatic N) is 6. The van der Waals surface area contributed by atoms with E-state index in [0.717, 1.165) is 17.2 Å². The minimum Gasteiger partial charge on any atom is -0.507 e. The van der Waals surface area contributed by atoms with E-state index in [9.17, 15) is 24.2 Å². The second-order valence-corrected chi connectivity index (χ2v) is 10.1. The lowest BCUT2D eigenvalue weighted by atomic mass is 9.86. The zero-order chi connectivity index (χ0) is 31.0. The summed E-state index contributed by atoms with van der Waals surface area (Å²) in [5.41, 5.74) is 3.90. The number of rotatable bonds is 8. The number of benzene rings is 2. The summed E-state index contributed by atoms with van der Waals surface area (Å²) in [5.74, 6) is -4.05. The van der Waals surface area contributed by atoms with Crippen molar-refractivity contribution in [3.63, 3.8) is 0 Å². The third-order valence-corrected chi connectivity index (χ3v) is 7.14. The number of phenolic OH excluding ortho intramolecular Hbond substituents is 1. The zero-order valence-electron chi connectivity index (χ0n) is 22.7. The number of fused-ring (bicyclic) bond motifs is 1. The molecule has 1 saturated heterocycles. The molecule has 0 spiro atoms. The van der Waals surface area contributed by atoms with Gasteiger partial charge in [-0.1, -0.05) is 17.3 Å². The molecule has 1 aliphatic rings. The predicted octanol–water partition coefficient (Wildman–Crippen LogP) is 1.51. The van der Waals surface area contributed by atoms with Crippen molar-refractivity contribution >= 4 is 34.4 Å². The Hall–Kier alpha value is -5.48. The third-order valence-electron chi connectivity index (χ3n) is 7.14. The molecule has 44 heavy (non-hydrogen) atoms. The molecule has 0 radical (unpaired) electrons. The second kappa shape index (κ2) is 11.3. The smallest absolute Gasteiger partial charge is 0.260 e. The van der Waals surface area contributed by atoms with Crippen molar-refractivity contribution in [2.75, 3.05) is 30.3 Å². The lowest BCUT2D eigenvalue weighted by Crippen LogP contribution is -2.63. The van der Waals surface area contributed by atoms with Crippen LogP contribution in [0.4, 0.5) is 20.4 Å². The lowest BCUT2D eigenvalue weighted by Gasteiger charge is -2.40. The molecule has 3 aromatic heterocycles. The van der Waals surface area contributed by atoms with E-state index in [1.54, 1.807) is 0 Å². The van der Waals surface area contributed by atoms with Crippen LogP contribution in [0.2, 0.25) is 0 Å². The van der Waals surface area contributed by atoms with Gasteiger partial charge >= 0.3 is 0 Å². The molecule has 1 aliphatic heterocycles. The Morgan fingerprint density at radius 2 is 2.00 bits per heavy atom. The molecule has 1 fully saturated rings. The molecule has 16 heteroatoms. The minimum absolute atomic E-state index is 0.00572. The number of para-hydroxylation sites is 1. The van der Waals surface area contributed by atoms with Crippen molar-refractivity contribution < 1.29 is 37.8 Å². The molecule has 6 rings (SSSR count). The summed E-state index contributed by atoms with van der Waals surface area (Å²) in [7, 11) is 0. The Bertz CT molecular complexity index is 1870. The summed E-state index contributed by atoms with van der Waals surface area (Å²) >= 11 is 0. The average Bonchev–Trinajstić information content (AvgIpc) is 3.59. The molecular formula is C28H24F2N8O6. The van der Waals surface area contributed by atoms with Gasteiger partial charge in [-0.2, -0.15) is 10.2 Å². The number of aliphatic hydroxyl groups is 1. The van der Waals surface area contributed by atoms with Crippen molar-refractivity contribution in [2.45, 2.75) is 18.1 Å². The van der Waals surface area contributed by atoms with Gasteiger partial charge in [0.15, 0.2) is 29.1 Å². The number of amides is 2. The van der Waals surface area contributed by atoms with Crippen molar-refractivity contribution in [1.82, 2.24) is 30.5 Å². The topological polar surface area (TPSA) is 195 Å². The fourth-order valence-corrected chi connectivity index (χ4v) is 5.06. The van der Waals surface area contributed by atoms with E-state index in [2.05, 4.69) is 25.8 Å². The van der Waals surface area contributed by atoms with E-state index in [0.29, 0.717) is 5.69 Å². The number of hydrogen-bond donors (Lipinski definition) is 4. The van der Waals surface area contributed by atoms with Gasteiger partial charge in [0.2, 0.25) is 0 Å². The SMILES string of the molecule is Nc1noc2cc(CC(O)(CNC(=O)c3ccccc3O)[C@H]3OCCN(c4nn(-c5ccnnc5)cc4F)C3=O)cc(F)c12. The number of nitrogens with two attached hydrogens (primary N) is 1. The molecule has 2 atom stereocenters. The number of carbonyl (C=O) groups is 2. The van der Waals surface area contributed by atoms with Crippen LogP contribution in [-0.4, -0.2) is 78.6 Å². The van der Waals surface area contributed by atoms with Crippen molar-refractivity contribution in [3.8, 4) is 11.4 Å². The first kappa shape index (κ1) is 28.6. The largest absolute Gasteiger partial charge is 0.507 e. The maximum absolute atomic E-state index is 15.1. The molecule has 14 nitrogen and oxygen atoms in total. The van der Waals surface area contributed by atoms with E-state index in [1.165, 1.54) is 53.5 Å². The van der Waals surface area contributed by atoms with Crippen LogP contribution < -0.4 is 16.0 Å². The van der Waals surface area contributed by atoms with Gasteiger partial charge in [-0.3, -0.25) is 14.5 Å². The Labute approximate surface area is 246 Å². The van der Waals surface area contributed by atoms with Gasteiger partial charge in [-0.05, 0) is 35.9 Å². The summed E-state index contributed by atoms with van der Waals surface area (Å²) in [5, 5.41) is 39.8.